The first kappa shape index (κ1) is 15.1. The fourth-order valence-electron chi connectivity index (χ4n) is 1.30. The molecule has 0 rings (SSSR count). The lowest BCUT2D eigenvalue weighted by molar-refractivity contribution is -0.152. The van der Waals surface area contributed by atoms with Crippen LogP contribution in [0.3, 0.4) is 0 Å². The van der Waals surface area contributed by atoms with Crippen LogP contribution in [0, 0.1) is 11.3 Å². The highest BCUT2D eigenvalue weighted by Crippen LogP contribution is 2.26. The first-order valence-corrected chi connectivity index (χ1v) is 5.46. The number of aliphatic hydroxyl groups is 2. The van der Waals surface area contributed by atoms with Crippen molar-refractivity contribution in [2.75, 3.05) is 13.2 Å². The van der Waals surface area contributed by atoms with E-state index in [0.717, 1.165) is 0 Å². The van der Waals surface area contributed by atoms with Gasteiger partial charge in [-0.1, -0.05) is 32.9 Å². The molecule has 0 aliphatic rings. The average molecular weight is 230 g/mol. The van der Waals surface area contributed by atoms with E-state index in [1.165, 1.54) is 12.2 Å². The Labute approximate surface area is 96.9 Å². The monoisotopic (exact) mass is 230 g/mol. The van der Waals surface area contributed by atoms with Crippen molar-refractivity contribution in [2.24, 2.45) is 11.3 Å². The van der Waals surface area contributed by atoms with Gasteiger partial charge < -0.3 is 14.9 Å². The van der Waals surface area contributed by atoms with Gasteiger partial charge in [-0.15, -0.1) is 0 Å². The number of esters is 1. The van der Waals surface area contributed by atoms with E-state index < -0.39 is 23.4 Å². The normalized spacial score (nSPS) is 16.1. The topological polar surface area (TPSA) is 66.8 Å². The molecular formula is C12H22O4. The summed E-state index contributed by atoms with van der Waals surface area (Å²) < 4.78 is 4.89. The summed E-state index contributed by atoms with van der Waals surface area (Å²) >= 11 is 0. The van der Waals surface area contributed by atoms with Crippen LogP contribution in [0.5, 0.6) is 0 Å². The van der Waals surface area contributed by atoms with Gasteiger partial charge in [-0.05, 0) is 12.3 Å². The second-order valence-corrected chi connectivity index (χ2v) is 4.70. The summed E-state index contributed by atoms with van der Waals surface area (Å²) in [7, 11) is 0. The molecule has 0 radical (unpaired) electrons. The van der Waals surface area contributed by atoms with E-state index in [0.29, 0.717) is 0 Å². The third-order valence-electron chi connectivity index (χ3n) is 2.24. The molecule has 4 heteroatoms. The molecule has 0 aliphatic heterocycles. The molecule has 2 atom stereocenters. The van der Waals surface area contributed by atoms with Crippen molar-refractivity contribution >= 4 is 5.97 Å². The van der Waals surface area contributed by atoms with Gasteiger partial charge in [-0.2, -0.15) is 0 Å². The van der Waals surface area contributed by atoms with Crippen LogP contribution >= 0.6 is 0 Å². The molecular weight excluding hydrogens is 208 g/mol. The van der Waals surface area contributed by atoms with Crippen LogP contribution in [-0.2, 0) is 9.53 Å². The SMILES string of the molecule is CCOC(=O)[C@H](/C=C/CO)[C@@H](O)C(C)(C)C. The summed E-state index contributed by atoms with van der Waals surface area (Å²) in [5.74, 6) is -1.19. The molecule has 4 nitrogen and oxygen atoms in total. The van der Waals surface area contributed by atoms with Crippen LogP contribution < -0.4 is 0 Å². The van der Waals surface area contributed by atoms with Gasteiger partial charge in [0.1, 0.15) is 5.92 Å². The molecule has 0 saturated carbocycles. The minimum absolute atomic E-state index is 0.160. The second kappa shape index (κ2) is 6.66. The maximum atomic E-state index is 11.6. The zero-order valence-electron chi connectivity index (χ0n) is 10.4. The van der Waals surface area contributed by atoms with E-state index in [-0.39, 0.29) is 13.2 Å². The molecule has 0 heterocycles. The van der Waals surface area contributed by atoms with E-state index in [4.69, 9.17) is 9.84 Å². The van der Waals surface area contributed by atoms with Crippen molar-refractivity contribution in [1.29, 1.82) is 0 Å². The lowest BCUT2D eigenvalue weighted by atomic mass is 9.81. The first-order chi connectivity index (χ1) is 7.34. The standard InChI is InChI=1S/C12H22O4/c1-5-16-11(15)9(7-6-8-13)10(14)12(2,3)4/h6-7,9-10,13-14H,5,8H2,1-4H3/b7-6+/t9-,10-/m1/s1. The van der Waals surface area contributed by atoms with Gasteiger partial charge in [0.25, 0.3) is 0 Å². The Kier molecular flexibility index (Phi) is 6.29. The molecule has 0 unspecified atom stereocenters. The summed E-state index contributed by atoms with van der Waals surface area (Å²) in [6.07, 6.45) is 2.10. The smallest absolute Gasteiger partial charge is 0.315 e. The average Bonchev–Trinajstić information content (AvgIpc) is 2.17. The molecule has 0 saturated heterocycles. The summed E-state index contributed by atoms with van der Waals surface area (Å²) in [5.41, 5.74) is -0.419. The van der Waals surface area contributed by atoms with E-state index >= 15 is 0 Å². The number of hydrogen-bond acceptors (Lipinski definition) is 4. The lowest BCUT2D eigenvalue weighted by Gasteiger charge is -2.30. The van der Waals surface area contributed by atoms with Gasteiger partial charge in [-0.3, -0.25) is 4.79 Å². The van der Waals surface area contributed by atoms with Crippen LogP contribution in [-0.4, -0.2) is 35.5 Å². The molecule has 0 aromatic rings. The summed E-state index contributed by atoms with van der Waals surface area (Å²) in [6.45, 7) is 7.37. The lowest BCUT2D eigenvalue weighted by Crippen LogP contribution is -2.38. The molecule has 16 heavy (non-hydrogen) atoms. The van der Waals surface area contributed by atoms with Crippen molar-refractivity contribution in [3.8, 4) is 0 Å². The van der Waals surface area contributed by atoms with Crippen molar-refractivity contribution in [3.63, 3.8) is 0 Å². The van der Waals surface area contributed by atoms with Crippen LogP contribution in [0.25, 0.3) is 0 Å². The highest BCUT2D eigenvalue weighted by atomic mass is 16.5. The van der Waals surface area contributed by atoms with Gasteiger partial charge >= 0.3 is 5.97 Å². The molecule has 0 fully saturated rings. The Morgan fingerprint density at radius 1 is 1.44 bits per heavy atom. The van der Waals surface area contributed by atoms with Gasteiger partial charge in [0.05, 0.1) is 19.3 Å². The predicted octanol–water partition coefficient (Wildman–Crippen LogP) is 1.12. The van der Waals surface area contributed by atoms with Crippen molar-refractivity contribution in [3.05, 3.63) is 12.2 Å². The quantitative estimate of drug-likeness (QED) is 0.548. The Hall–Kier alpha value is -0.870. The number of rotatable bonds is 5. The van der Waals surface area contributed by atoms with E-state index in [9.17, 15) is 9.90 Å². The summed E-state index contributed by atoms with van der Waals surface area (Å²) in [5, 5.41) is 18.7. The largest absolute Gasteiger partial charge is 0.465 e. The Morgan fingerprint density at radius 2 is 2.00 bits per heavy atom. The van der Waals surface area contributed by atoms with E-state index in [2.05, 4.69) is 0 Å². The molecule has 0 aromatic carbocycles. The fraction of sp³-hybridized carbons (Fsp3) is 0.750. The summed E-state index contributed by atoms with van der Waals surface area (Å²) in [4.78, 5) is 11.6. The number of carbonyl (C=O) groups excluding carboxylic acids is 1. The Morgan fingerprint density at radius 3 is 2.38 bits per heavy atom. The number of aliphatic hydroxyl groups excluding tert-OH is 2. The number of ether oxygens (including phenoxy) is 1. The minimum Gasteiger partial charge on any atom is -0.465 e. The molecule has 0 aliphatic carbocycles. The first-order valence-electron chi connectivity index (χ1n) is 5.46. The van der Waals surface area contributed by atoms with Crippen molar-refractivity contribution in [2.45, 2.75) is 33.8 Å². The highest BCUT2D eigenvalue weighted by Gasteiger charge is 2.34. The maximum absolute atomic E-state index is 11.6. The van der Waals surface area contributed by atoms with Gasteiger partial charge in [0.15, 0.2) is 0 Å². The van der Waals surface area contributed by atoms with Crippen LogP contribution in [0.2, 0.25) is 0 Å². The highest BCUT2D eigenvalue weighted by molar-refractivity contribution is 5.75. The summed E-state index contributed by atoms with van der Waals surface area (Å²) in [6, 6.07) is 0. The van der Waals surface area contributed by atoms with E-state index in [1.54, 1.807) is 6.92 Å². The predicted molar refractivity (Wildman–Crippen MR) is 61.8 cm³/mol. The molecule has 94 valence electrons. The molecule has 2 N–H and O–H groups in total. The maximum Gasteiger partial charge on any atom is 0.315 e. The second-order valence-electron chi connectivity index (χ2n) is 4.70. The van der Waals surface area contributed by atoms with Crippen molar-refractivity contribution < 1.29 is 19.7 Å². The van der Waals surface area contributed by atoms with Gasteiger partial charge in [-0.25, -0.2) is 0 Å². The van der Waals surface area contributed by atoms with Crippen LogP contribution in [0.15, 0.2) is 12.2 Å². The molecule has 0 spiro atoms. The van der Waals surface area contributed by atoms with Crippen LogP contribution in [0.1, 0.15) is 27.7 Å². The minimum atomic E-state index is -0.839. The number of hydrogen-bond donors (Lipinski definition) is 2. The zero-order valence-corrected chi connectivity index (χ0v) is 10.4. The van der Waals surface area contributed by atoms with Gasteiger partial charge in [0.2, 0.25) is 0 Å². The zero-order chi connectivity index (χ0) is 12.8. The fourth-order valence-corrected chi connectivity index (χ4v) is 1.30. The van der Waals surface area contributed by atoms with Crippen LogP contribution in [0.4, 0.5) is 0 Å². The Bertz CT molecular complexity index is 240. The molecule has 0 amide bonds. The molecule has 0 aromatic heterocycles. The number of carbonyl (C=O) groups is 1. The third-order valence-corrected chi connectivity index (χ3v) is 2.24. The molecule has 0 bridgehead atoms. The third kappa shape index (κ3) is 4.77. The Balaban J connectivity index is 4.79. The van der Waals surface area contributed by atoms with E-state index in [1.807, 2.05) is 20.8 Å². The van der Waals surface area contributed by atoms with Crippen molar-refractivity contribution in [1.82, 2.24) is 0 Å². The van der Waals surface area contributed by atoms with Gasteiger partial charge in [0, 0.05) is 0 Å².